The van der Waals surface area contributed by atoms with Crippen LogP contribution in [0.25, 0.3) is 0 Å². The predicted octanol–water partition coefficient (Wildman–Crippen LogP) is 2.74. The summed E-state index contributed by atoms with van der Waals surface area (Å²) in [5.74, 6) is 0.834. The zero-order valence-corrected chi connectivity index (χ0v) is 16.4. The van der Waals surface area contributed by atoms with Crippen molar-refractivity contribution in [2.24, 2.45) is 0 Å². The Kier molecular flexibility index (Phi) is 5.15. The van der Waals surface area contributed by atoms with Gasteiger partial charge in [0.25, 0.3) is 0 Å². The van der Waals surface area contributed by atoms with Crippen LogP contribution in [0.5, 0.6) is 5.75 Å². The SMILES string of the molecule is COc1ccc(COCc2[nH]nc(C)c2B2OC(C)(C)C(C)(C)O2)cc1. The molecule has 1 aliphatic heterocycles. The van der Waals surface area contributed by atoms with Crippen LogP contribution in [0.15, 0.2) is 24.3 Å². The average Bonchev–Trinajstić information content (AvgIpc) is 3.04. The van der Waals surface area contributed by atoms with Crippen LogP contribution in [-0.4, -0.2) is 35.6 Å². The number of nitrogens with zero attached hydrogens (tertiary/aromatic N) is 1. The van der Waals surface area contributed by atoms with Gasteiger partial charge in [0.1, 0.15) is 5.75 Å². The van der Waals surface area contributed by atoms with Crippen molar-refractivity contribution in [3.63, 3.8) is 0 Å². The van der Waals surface area contributed by atoms with Gasteiger partial charge in [0, 0.05) is 5.46 Å². The topological polar surface area (TPSA) is 65.6 Å². The molecule has 0 atom stereocenters. The van der Waals surface area contributed by atoms with Crippen LogP contribution >= 0.6 is 0 Å². The normalized spacial score (nSPS) is 18.3. The van der Waals surface area contributed by atoms with E-state index in [1.54, 1.807) is 7.11 Å². The van der Waals surface area contributed by atoms with E-state index in [4.69, 9.17) is 18.8 Å². The van der Waals surface area contributed by atoms with E-state index in [0.717, 1.165) is 28.2 Å². The second-order valence-electron chi connectivity index (χ2n) is 7.63. The Morgan fingerprint density at radius 1 is 1.04 bits per heavy atom. The molecule has 3 rings (SSSR count). The molecular formula is C19H27BN2O4. The Labute approximate surface area is 155 Å². The van der Waals surface area contributed by atoms with Crippen LogP contribution in [0, 0.1) is 6.92 Å². The zero-order valence-electron chi connectivity index (χ0n) is 16.4. The van der Waals surface area contributed by atoms with Crippen molar-refractivity contribution in [3.8, 4) is 5.75 Å². The van der Waals surface area contributed by atoms with E-state index >= 15 is 0 Å². The van der Waals surface area contributed by atoms with E-state index in [2.05, 4.69) is 10.2 Å². The molecule has 0 spiro atoms. The van der Waals surface area contributed by atoms with Gasteiger partial charge in [-0.25, -0.2) is 0 Å². The molecule has 1 N–H and O–H groups in total. The molecule has 0 aliphatic carbocycles. The Morgan fingerprint density at radius 2 is 1.65 bits per heavy atom. The summed E-state index contributed by atoms with van der Waals surface area (Å²) in [5, 5.41) is 7.38. The van der Waals surface area contributed by atoms with Crippen LogP contribution in [0.4, 0.5) is 0 Å². The number of aromatic amines is 1. The highest BCUT2D eigenvalue weighted by Gasteiger charge is 2.53. The van der Waals surface area contributed by atoms with Crippen molar-refractivity contribution in [2.75, 3.05) is 7.11 Å². The lowest BCUT2D eigenvalue weighted by molar-refractivity contribution is 0.00578. The molecule has 0 saturated carbocycles. The van der Waals surface area contributed by atoms with Gasteiger partial charge >= 0.3 is 7.12 Å². The van der Waals surface area contributed by atoms with Crippen LogP contribution in [-0.2, 0) is 27.3 Å². The highest BCUT2D eigenvalue weighted by molar-refractivity contribution is 6.63. The van der Waals surface area contributed by atoms with Crippen molar-refractivity contribution in [1.82, 2.24) is 10.2 Å². The Bertz CT molecular complexity index is 739. The predicted molar refractivity (Wildman–Crippen MR) is 101 cm³/mol. The van der Waals surface area contributed by atoms with Gasteiger partial charge < -0.3 is 18.8 Å². The van der Waals surface area contributed by atoms with Gasteiger partial charge in [-0.1, -0.05) is 12.1 Å². The molecule has 7 heteroatoms. The Balaban J connectivity index is 1.67. The Hall–Kier alpha value is -1.83. The highest BCUT2D eigenvalue weighted by Crippen LogP contribution is 2.36. The molecule has 1 aromatic carbocycles. The third-order valence-electron chi connectivity index (χ3n) is 5.24. The lowest BCUT2D eigenvalue weighted by atomic mass is 9.77. The van der Waals surface area contributed by atoms with Gasteiger partial charge in [-0.05, 0) is 52.3 Å². The first-order valence-corrected chi connectivity index (χ1v) is 8.83. The van der Waals surface area contributed by atoms with E-state index < -0.39 is 7.12 Å². The number of hydrogen-bond donors (Lipinski definition) is 1. The first kappa shape index (κ1) is 19.0. The van der Waals surface area contributed by atoms with Crippen LogP contribution in [0.1, 0.15) is 44.6 Å². The summed E-state index contributed by atoms with van der Waals surface area (Å²) in [4.78, 5) is 0. The number of ether oxygens (including phenoxy) is 2. The van der Waals surface area contributed by atoms with Gasteiger partial charge in [-0.3, -0.25) is 5.10 Å². The third-order valence-corrected chi connectivity index (χ3v) is 5.24. The minimum atomic E-state index is -0.446. The standard InChI is InChI=1S/C19H27BN2O4/c1-13-17(20-25-18(2,3)19(4,5)26-20)16(22-21-13)12-24-11-14-7-9-15(23-6)10-8-14/h7-10H,11-12H2,1-6H3,(H,21,22). The maximum atomic E-state index is 6.17. The zero-order chi connectivity index (χ0) is 18.9. The maximum absolute atomic E-state index is 6.17. The van der Waals surface area contributed by atoms with E-state index in [1.807, 2.05) is 58.9 Å². The molecule has 1 saturated heterocycles. The van der Waals surface area contributed by atoms with Crippen molar-refractivity contribution in [1.29, 1.82) is 0 Å². The molecule has 26 heavy (non-hydrogen) atoms. The number of hydrogen-bond acceptors (Lipinski definition) is 5. The molecule has 0 bridgehead atoms. The number of methoxy groups -OCH3 is 1. The van der Waals surface area contributed by atoms with E-state index in [1.165, 1.54) is 0 Å². The molecule has 0 radical (unpaired) electrons. The van der Waals surface area contributed by atoms with Crippen molar-refractivity contribution < 1.29 is 18.8 Å². The summed E-state index contributed by atoms with van der Waals surface area (Å²) in [6, 6.07) is 7.84. The van der Waals surface area contributed by atoms with Gasteiger partial charge in [-0.2, -0.15) is 5.10 Å². The van der Waals surface area contributed by atoms with E-state index in [9.17, 15) is 0 Å². The quantitative estimate of drug-likeness (QED) is 0.805. The fourth-order valence-corrected chi connectivity index (χ4v) is 2.87. The maximum Gasteiger partial charge on any atom is 0.498 e. The van der Waals surface area contributed by atoms with Crippen molar-refractivity contribution >= 4 is 12.6 Å². The molecule has 0 unspecified atom stereocenters. The average molecular weight is 358 g/mol. The van der Waals surface area contributed by atoms with Crippen LogP contribution in [0.3, 0.4) is 0 Å². The fourth-order valence-electron chi connectivity index (χ4n) is 2.87. The largest absolute Gasteiger partial charge is 0.498 e. The van der Waals surface area contributed by atoms with E-state index in [0.29, 0.717) is 13.2 Å². The molecule has 1 aromatic heterocycles. The second kappa shape index (κ2) is 7.06. The van der Waals surface area contributed by atoms with Gasteiger partial charge in [0.15, 0.2) is 0 Å². The number of H-pyrrole nitrogens is 1. The molecular weight excluding hydrogens is 331 g/mol. The molecule has 1 aliphatic rings. The van der Waals surface area contributed by atoms with Gasteiger partial charge in [-0.15, -0.1) is 0 Å². The summed E-state index contributed by atoms with van der Waals surface area (Å²) in [5.41, 5.74) is 2.99. The molecule has 2 aromatic rings. The monoisotopic (exact) mass is 358 g/mol. The molecule has 1 fully saturated rings. The molecule has 0 amide bonds. The lowest BCUT2D eigenvalue weighted by Crippen LogP contribution is -2.41. The van der Waals surface area contributed by atoms with Gasteiger partial charge in [0.2, 0.25) is 0 Å². The fraction of sp³-hybridized carbons (Fsp3) is 0.526. The molecule has 2 heterocycles. The van der Waals surface area contributed by atoms with Crippen molar-refractivity contribution in [2.45, 2.75) is 59.0 Å². The third kappa shape index (κ3) is 3.65. The molecule has 140 valence electrons. The second-order valence-corrected chi connectivity index (χ2v) is 7.63. The minimum absolute atomic E-state index is 0.386. The highest BCUT2D eigenvalue weighted by atomic mass is 16.7. The molecule has 6 nitrogen and oxygen atoms in total. The summed E-state index contributed by atoms with van der Waals surface area (Å²) in [6.07, 6.45) is 0. The minimum Gasteiger partial charge on any atom is -0.497 e. The summed E-state index contributed by atoms with van der Waals surface area (Å²) in [7, 11) is 1.21. The number of nitrogens with one attached hydrogen (secondary N) is 1. The van der Waals surface area contributed by atoms with Crippen LogP contribution < -0.4 is 10.2 Å². The van der Waals surface area contributed by atoms with Crippen LogP contribution in [0.2, 0.25) is 0 Å². The number of aromatic nitrogens is 2. The number of rotatable bonds is 6. The smallest absolute Gasteiger partial charge is 0.497 e. The van der Waals surface area contributed by atoms with E-state index in [-0.39, 0.29) is 11.2 Å². The Morgan fingerprint density at radius 3 is 2.23 bits per heavy atom. The summed E-state index contributed by atoms with van der Waals surface area (Å²) < 4.78 is 23.4. The first-order valence-electron chi connectivity index (χ1n) is 8.83. The lowest BCUT2D eigenvalue weighted by Gasteiger charge is -2.32. The number of aryl methyl sites for hydroxylation is 1. The summed E-state index contributed by atoms with van der Waals surface area (Å²) >= 11 is 0. The van der Waals surface area contributed by atoms with Crippen molar-refractivity contribution in [3.05, 3.63) is 41.2 Å². The first-order chi connectivity index (χ1) is 12.2. The van der Waals surface area contributed by atoms with Gasteiger partial charge in [0.05, 0.1) is 42.9 Å². The summed E-state index contributed by atoms with van der Waals surface area (Å²) in [6.45, 7) is 11.0. The number of benzene rings is 1.